The smallest absolute Gasteiger partial charge is 0.155 e. The Hall–Kier alpha value is -2.22. The van der Waals surface area contributed by atoms with E-state index >= 15 is 0 Å². The second-order valence-corrected chi connectivity index (χ2v) is 10.8. The van der Waals surface area contributed by atoms with Crippen LogP contribution in [0, 0.1) is 29.1 Å². The molecule has 1 aromatic carbocycles. The van der Waals surface area contributed by atoms with Crippen molar-refractivity contribution in [1.29, 1.82) is 0 Å². The largest absolute Gasteiger partial charge is 0.295 e. The lowest BCUT2D eigenvalue weighted by molar-refractivity contribution is -0.116. The van der Waals surface area contributed by atoms with Crippen molar-refractivity contribution in [3.8, 4) is 11.1 Å². The summed E-state index contributed by atoms with van der Waals surface area (Å²) in [6.45, 7) is 2.61. The second kappa shape index (κ2) is 7.43. The summed E-state index contributed by atoms with van der Waals surface area (Å²) in [5.74, 6) is 4.33. The van der Waals surface area contributed by atoms with E-state index in [9.17, 15) is 4.79 Å². The first kappa shape index (κ1) is 19.5. The van der Waals surface area contributed by atoms with Gasteiger partial charge < -0.3 is 0 Å². The van der Waals surface area contributed by atoms with Crippen LogP contribution in [0.15, 0.2) is 60.4 Å². The number of rotatable bonds is 2. The number of ketones is 1. The number of carbonyl (C=O) groups excluding carboxylic acids is 1. The van der Waals surface area contributed by atoms with Crippen molar-refractivity contribution < 1.29 is 4.79 Å². The molecule has 3 saturated carbocycles. The van der Waals surface area contributed by atoms with Gasteiger partial charge in [-0.2, -0.15) is 0 Å². The van der Waals surface area contributed by atoms with Crippen molar-refractivity contribution >= 4 is 5.78 Å². The Balaban J connectivity index is 1.25. The molecule has 4 aliphatic rings. The Morgan fingerprint density at radius 2 is 1.77 bits per heavy atom. The van der Waals surface area contributed by atoms with Crippen molar-refractivity contribution in [3.63, 3.8) is 0 Å². The van der Waals surface area contributed by atoms with E-state index in [2.05, 4.69) is 42.2 Å². The quantitative estimate of drug-likeness (QED) is 0.534. The number of carbonyl (C=O) groups is 1. The molecule has 31 heavy (non-hydrogen) atoms. The van der Waals surface area contributed by atoms with E-state index in [0.29, 0.717) is 23.0 Å². The molecule has 0 spiro atoms. The van der Waals surface area contributed by atoms with E-state index in [-0.39, 0.29) is 0 Å². The third kappa shape index (κ3) is 3.13. The molecule has 0 saturated heterocycles. The maximum atomic E-state index is 11.9. The predicted molar refractivity (Wildman–Crippen MR) is 125 cm³/mol. The molecule has 0 amide bonds. The number of hydrogen-bond acceptors (Lipinski definition) is 2. The summed E-state index contributed by atoms with van der Waals surface area (Å²) in [4.78, 5) is 16.2. The van der Waals surface area contributed by atoms with Gasteiger partial charge in [0, 0.05) is 18.8 Å². The number of fused-ring (bicyclic) bond motifs is 5. The third-order valence-electron chi connectivity index (χ3n) is 9.61. The third-order valence-corrected chi connectivity index (χ3v) is 9.61. The summed E-state index contributed by atoms with van der Waals surface area (Å²) in [5, 5.41) is 0. The maximum absolute atomic E-state index is 11.9. The molecule has 0 unspecified atom stereocenters. The first-order valence-corrected chi connectivity index (χ1v) is 12.4. The van der Waals surface area contributed by atoms with Gasteiger partial charge in [-0.05, 0) is 109 Å². The van der Waals surface area contributed by atoms with Crippen LogP contribution >= 0.6 is 0 Å². The molecule has 2 aromatic rings. The van der Waals surface area contributed by atoms with Crippen molar-refractivity contribution in [2.24, 2.45) is 29.1 Å². The Morgan fingerprint density at radius 1 is 0.903 bits per heavy atom. The summed E-state index contributed by atoms with van der Waals surface area (Å²) in [7, 11) is 0. The standard InChI is InChI=1S/C29H33NO/c1-29-15-14-25-24-11-9-23(31)17-21(24)8-10-26(25)28(29)13-12-27(29)20-6-4-19(5-7-20)22-3-2-16-30-18-22/h2-7,16-18,24-28H,8-15H2,1H3/t24-,25+,26+,27+,28-,29+/m0/s1. The highest BCUT2D eigenvalue weighted by atomic mass is 16.1. The molecule has 1 aromatic heterocycles. The molecular formula is C29H33NO. The van der Waals surface area contributed by atoms with E-state index < -0.39 is 0 Å². The summed E-state index contributed by atoms with van der Waals surface area (Å²) < 4.78 is 0. The Labute approximate surface area is 186 Å². The molecule has 0 N–H and O–H groups in total. The average Bonchev–Trinajstić information content (AvgIpc) is 3.16. The minimum absolute atomic E-state index is 0.376. The molecule has 2 heteroatoms. The van der Waals surface area contributed by atoms with Crippen molar-refractivity contribution in [2.45, 2.75) is 64.2 Å². The van der Waals surface area contributed by atoms with Gasteiger partial charge in [-0.25, -0.2) is 0 Å². The van der Waals surface area contributed by atoms with Gasteiger partial charge in [-0.15, -0.1) is 0 Å². The Kier molecular flexibility index (Phi) is 4.67. The number of benzene rings is 1. The summed E-state index contributed by atoms with van der Waals surface area (Å²) >= 11 is 0. The van der Waals surface area contributed by atoms with Crippen molar-refractivity contribution in [3.05, 3.63) is 66.0 Å². The van der Waals surface area contributed by atoms with E-state index in [1.165, 1.54) is 60.8 Å². The molecule has 4 aliphatic carbocycles. The van der Waals surface area contributed by atoms with Gasteiger partial charge in [0.05, 0.1) is 0 Å². The van der Waals surface area contributed by atoms with E-state index in [1.807, 2.05) is 24.5 Å². The van der Waals surface area contributed by atoms with Crippen molar-refractivity contribution in [1.82, 2.24) is 4.98 Å². The minimum Gasteiger partial charge on any atom is -0.295 e. The number of pyridine rings is 1. The summed E-state index contributed by atoms with van der Waals surface area (Å²) in [5.41, 5.74) is 5.93. The fourth-order valence-electron chi connectivity index (χ4n) is 8.17. The zero-order chi connectivity index (χ0) is 21.0. The first-order chi connectivity index (χ1) is 15.1. The van der Waals surface area contributed by atoms with E-state index in [4.69, 9.17) is 0 Å². The molecule has 0 radical (unpaired) electrons. The summed E-state index contributed by atoms with van der Waals surface area (Å²) in [6, 6.07) is 13.5. The van der Waals surface area contributed by atoms with Gasteiger partial charge in [-0.1, -0.05) is 42.8 Å². The van der Waals surface area contributed by atoms with E-state index in [1.54, 1.807) is 0 Å². The fourth-order valence-corrected chi connectivity index (χ4v) is 8.17. The normalized spacial score (nSPS) is 36.9. The zero-order valence-corrected chi connectivity index (χ0v) is 18.6. The van der Waals surface area contributed by atoms with Crippen molar-refractivity contribution in [2.75, 3.05) is 0 Å². The van der Waals surface area contributed by atoms with E-state index in [0.717, 1.165) is 30.6 Å². The predicted octanol–water partition coefficient (Wildman–Crippen LogP) is 6.97. The Morgan fingerprint density at radius 3 is 2.58 bits per heavy atom. The highest BCUT2D eigenvalue weighted by molar-refractivity contribution is 5.91. The topological polar surface area (TPSA) is 30.0 Å². The van der Waals surface area contributed by atoms with Crippen LogP contribution in [0.1, 0.15) is 69.8 Å². The van der Waals surface area contributed by atoms with Crippen LogP contribution in [-0.4, -0.2) is 10.8 Å². The molecule has 160 valence electrons. The molecule has 1 heterocycles. The molecular weight excluding hydrogens is 378 g/mol. The van der Waals surface area contributed by atoms with Gasteiger partial charge >= 0.3 is 0 Å². The van der Waals surface area contributed by atoms with Gasteiger partial charge in [0.1, 0.15) is 0 Å². The highest BCUT2D eigenvalue weighted by Gasteiger charge is 2.56. The zero-order valence-electron chi connectivity index (χ0n) is 18.6. The molecule has 3 fully saturated rings. The minimum atomic E-state index is 0.376. The van der Waals surface area contributed by atoms with Gasteiger partial charge in [0.15, 0.2) is 5.78 Å². The summed E-state index contributed by atoms with van der Waals surface area (Å²) in [6.07, 6.45) is 15.6. The number of nitrogens with zero attached hydrogens (tertiary/aromatic N) is 1. The molecule has 0 bridgehead atoms. The maximum Gasteiger partial charge on any atom is 0.155 e. The lowest BCUT2D eigenvalue weighted by Gasteiger charge is -2.54. The van der Waals surface area contributed by atoms with Crippen LogP contribution in [0.3, 0.4) is 0 Å². The van der Waals surface area contributed by atoms with Gasteiger partial charge in [0.25, 0.3) is 0 Å². The van der Waals surface area contributed by atoms with Crippen LogP contribution in [0.4, 0.5) is 0 Å². The lowest BCUT2D eigenvalue weighted by Crippen LogP contribution is -2.46. The number of hydrogen-bond donors (Lipinski definition) is 0. The number of aromatic nitrogens is 1. The van der Waals surface area contributed by atoms with Crippen LogP contribution in [0.2, 0.25) is 0 Å². The molecule has 6 rings (SSSR count). The molecule has 0 aliphatic heterocycles. The lowest BCUT2D eigenvalue weighted by atomic mass is 9.51. The Bertz CT molecular complexity index is 1010. The molecule has 6 atom stereocenters. The van der Waals surface area contributed by atoms with Crippen LogP contribution in [-0.2, 0) is 4.79 Å². The highest BCUT2D eigenvalue weighted by Crippen LogP contribution is 2.65. The van der Waals surface area contributed by atoms with Crippen LogP contribution in [0.5, 0.6) is 0 Å². The average molecular weight is 412 g/mol. The SMILES string of the molecule is C[C@]12CC[C@H]3[C@@H](CCC4=CC(=O)CC[C@@H]43)[C@@H]1CC[C@@H]2c1ccc(-c2cccnc2)cc1. The van der Waals surface area contributed by atoms with Gasteiger partial charge in [0.2, 0.25) is 0 Å². The second-order valence-electron chi connectivity index (χ2n) is 10.8. The van der Waals surface area contributed by atoms with Gasteiger partial charge in [-0.3, -0.25) is 9.78 Å². The number of allylic oxidation sites excluding steroid dienone is 1. The monoisotopic (exact) mass is 411 g/mol. The first-order valence-electron chi connectivity index (χ1n) is 12.4. The molecule has 2 nitrogen and oxygen atoms in total. The fraction of sp³-hybridized carbons (Fsp3) is 0.517. The van der Waals surface area contributed by atoms with Crippen LogP contribution in [0.25, 0.3) is 11.1 Å². The van der Waals surface area contributed by atoms with Crippen LogP contribution < -0.4 is 0 Å².